The summed E-state index contributed by atoms with van der Waals surface area (Å²) in [7, 11) is 1.38. The van der Waals surface area contributed by atoms with E-state index in [1.807, 2.05) is 85.2 Å². The lowest BCUT2D eigenvalue weighted by Gasteiger charge is -2.39. The monoisotopic (exact) mass is 1190 g/mol. The molecule has 8 aromatic rings. The van der Waals surface area contributed by atoms with Gasteiger partial charge in [-0.25, -0.2) is 19.6 Å². The van der Waals surface area contributed by atoms with E-state index < -0.39 is 11.9 Å². The van der Waals surface area contributed by atoms with Crippen LogP contribution >= 0.6 is 23.2 Å². The summed E-state index contributed by atoms with van der Waals surface area (Å²) in [6, 6.07) is 35.2. The Bertz CT molecular complexity index is 3710. The van der Waals surface area contributed by atoms with Gasteiger partial charge in [-0.05, 0) is 132 Å². The Balaban J connectivity index is 0.000000199. The first kappa shape index (κ1) is 61.9. The second kappa shape index (κ2) is 26.7. The van der Waals surface area contributed by atoms with E-state index in [1.165, 1.54) is 47.8 Å². The minimum Gasteiger partial charge on any atom is -0.478 e. The summed E-state index contributed by atoms with van der Waals surface area (Å²) >= 11 is 12.4. The first-order valence-corrected chi connectivity index (χ1v) is 29.5. The molecule has 3 N–H and O–H groups in total. The van der Waals surface area contributed by atoms with Crippen LogP contribution in [0.15, 0.2) is 145 Å². The zero-order valence-corrected chi connectivity index (χ0v) is 49.9. The van der Waals surface area contributed by atoms with Crippen LogP contribution in [0.25, 0.3) is 33.0 Å². The molecule has 0 unspecified atom stereocenters. The van der Waals surface area contributed by atoms with Gasteiger partial charge in [-0.15, -0.1) is 0 Å². The predicted octanol–water partition coefficient (Wildman–Crippen LogP) is 15.9. The normalized spacial score (nSPS) is 17.2. The number of nitrogens with zero attached hydrogens (tertiary/aromatic N) is 6. The van der Waals surface area contributed by atoms with E-state index in [1.54, 1.807) is 30.1 Å². The van der Waals surface area contributed by atoms with Crippen LogP contribution in [0.5, 0.6) is 23.3 Å². The number of halogens is 3. The van der Waals surface area contributed by atoms with Crippen LogP contribution in [0.3, 0.4) is 0 Å². The van der Waals surface area contributed by atoms with Gasteiger partial charge in [0.15, 0.2) is 0 Å². The zero-order chi connectivity index (χ0) is 57.8. The van der Waals surface area contributed by atoms with Gasteiger partial charge in [0.25, 0.3) is 0 Å². The second-order valence-electron chi connectivity index (χ2n) is 23.9. The molecular weight excluding hydrogens is 1110 g/mol. The highest BCUT2D eigenvalue weighted by Crippen LogP contribution is 2.45. The number of H-pyrrole nitrogens is 2. The summed E-state index contributed by atoms with van der Waals surface area (Å²) in [4.78, 5) is 49.3. The SMILES string of the molecule is C.CC1(C)CCC(CN2CCN(c3ccc(C(=O)O)c(Oc4cc5cc[nH]c5cn4)c3)CC2)=C(c2ccc(Cl)cc2)C1.COC(=O)c1ccc(N2CCN(CC3=C(c4ccc(Cl)cc4)CC(C)(C)CC3)CC2)cc1Oc1cc2cc[nH]c2cn1.F. The molecule has 2 saturated heterocycles. The third kappa shape index (κ3) is 14.9. The highest BCUT2D eigenvalue weighted by Gasteiger charge is 2.32. The Labute approximate surface area is 507 Å². The van der Waals surface area contributed by atoms with Crippen molar-refractivity contribution in [1.29, 1.82) is 0 Å². The number of fused-ring (bicyclic) bond motifs is 2. The molecule has 12 rings (SSSR count). The second-order valence-corrected chi connectivity index (χ2v) is 24.8. The molecule has 0 bridgehead atoms. The lowest BCUT2D eigenvalue weighted by atomic mass is 9.72. The quantitative estimate of drug-likeness (QED) is 0.0889. The summed E-state index contributed by atoms with van der Waals surface area (Å²) in [5, 5.41) is 13.3. The van der Waals surface area contributed by atoms with Crippen LogP contribution in [0.2, 0.25) is 10.0 Å². The maximum atomic E-state index is 12.5. The number of esters is 1. The predicted molar refractivity (Wildman–Crippen MR) is 342 cm³/mol. The third-order valence-electron chi connectivity index (χ3n) is 16.9. The van der Waals surface area contributed by atoms with E-state index in [9.17, 15) is 14.7 Å². The summed E-state index contributed by atoms with van der Waals surface area (Å²) in [5.74, 6) is 0.0508. The van der Waals surface area contributed by atoms with E-state index in [4.69, 9.17) is 37.4 Å². The maximum absolute atomic E-state index is 12.5. The van der Waals surface area contributed by atoms with Gasteiger partial charge in [0.1, 0.15) is 22.6 Å². The fourth-order valence-corrected chi connectivity index (χ4v) is 12.3. The van der Waals surface area contributed by atoms with Crippen molar-refractivity contribution in [2.45, 2.75) is 73.6 Å². The van der Waals surface area contributed by atoms with Crippen molar-refractivity contribution in [3.8, 4) is 23.3 Å². The number of aromatic nitrogens is 4. The van der Waals surface area contributed by atoms with Crippen LogP contribution in [0.4, 0.5) is 16.1 Å². The molecule has 2 fully saturated rings. The zero-order valence-electron chi connectivity index (χ0n) is 48.4. The minimum atomic E-state index is -1.03. The average Bonchev–Trinajstić information content (AvgIpc) is 4.38. The topological polar surface area (TPSA) is 152 Å². The van der Waals surface area contributed by atoms with Crippen LogP contribution in [0, 0.1) is 10.8 Å². The van der Waals surface area contributed by atoms with Gasteiger partial charge in [-0.3, -0.25) is 14.5 Å². The van der Waals surface area contributed by atoms with Crippen molar-refractivity contribution in [3.63, 3.8) is 0 Å². The molecule has 6 heterocycles. The van der Waals surface area contributed by atoms with Crippen molar-refractivity contribution in [1.82, 2.24) is 29.7 Å². The van der Waals surface area contributed by atoms with E-state index in [0.29, 0.717) is 39.7 Å². The van der Waals surface area contributed by atoms with E-state index >= 15 is 0 Å². The molecular formula is C68H77Cl2FN8O6. The van der Waals surface area contributed by atoms with Crippen LogP contribution in [-0.2, 0) is 4.74 Å². The van der Waals surface area contributed by atoms with Crippen molar-refractivity contribution in [2.75, 3.05) is 82.4 Å². The number of anilines is 2. The molecule has 0 radical (unpaired) electrons. The van der Waals surface area contributed by atoms with Crippen molar-refractivity contribution in [3.05, 3.63) is 177 Å². The molecule has 14 nitrogen and oxygen atoms in total. The number of aromatic carboxylic acids is 1. The Kier molecular flexibility index (Phi) is 19.4. The molecule has 0 spiro atoms. The van der Waals surface area contributed by atoms with Gasteiger partial charge in [0.05, 0.1) is 30.5 Å². The molecule has 2 aliphatic heterocycles. The molecule has 4 aliphatic rings. The molecule has 0 amide bonds. The molecule has 17 heteroatoms. The molecule has 4 aromatic carbocycles. The van der Waals surface area contributed by atoms with Crippen LogP contribution < -0.4 is 19.3 Å². The van der Waals surface area contributed by atoms with Gasteiger partial charge >= 0.3 is 11.9 Å². The number of rotatable bonds is 14. The molecule has 4 aromatic heterocycles. The number of carbonyl (C=O) groups excluding carboxylic acids is 1. The van der Waals surface area contributed by atoms with Gasteiger partial charge in [0, 0.05) is 134 Å². The molecule has 0 atom stereocenters. The summed E-state index contributed by atoms with van der Waals surface area (Å²) in [6.07, 6.45) is 13.9. The van der Waals surface area contributed by atoms with E-state index in [-0.39, 0.29) is 17.7 Å². The van der Waals surface area contributed by atoms with E-state index in [2.05, 4.69) is 91.5 Å². The summed E-state index contributed by atoms with van der Waals surface area (Å²) in [6.45, 7) is 18.7. The standard InChI is InChI=1S/C34H37ClN4O3.C33H35ClN4O3.CH4.FH/c1-34(2)12-10-25(29(20-34)23-4-6-26(35)7-5-23)22-38-14-16-39(17-15-38)27-8-9-28(33(40)41-3)31(19-27)42-32-18-24-11-13-36-30(24)21-37-32;1-33(2)11-9-24(28(19-33)22-3-5-25(34)6-4-22)21-37-13-15-38(16-14-37)26-7-8-27(32(39)40)30(18-26)41-31-17-23-10-12-35-29(23)20-36-31;;/h4-9,11,13,18-19,21,36H,10,12,14-17,20,22H2,1-3H3;3-8,10,12,17-18,20,35H,9,11,13-16,19,21H2,1-2H3,(H,39,40);1H4;1H. The summed E-state index contributed by atoms with van der Waals surface area (Å²) in [5.41, 5.74) is 13.5. The fourth-order valence-electron chi connectivity index (χ4n) is 12.0. The molecule has 85 heavy (non-hydrogen) atoms. The number of pyridine rings is 2. The number of aromatic amines is 2. The summed E-state index contributed by atoms with van der Waals surface area (Å²) < 4.78 is 17.2. The minimum absolute atomic E-state index is 0. The fraction of sp³-hybridized carbons (Fsp3) is 0.353. The number of carboxylic acid groups (broad SMARTS) is 1. The molecule has 446 valence electrons. The Hall–Kier alpha value is -7.69. The average molecular weight is 1190 g/mol. The van der Waals surface area contributed by atoms with Gasteiger partial charge < -0.3 is 39.1 Å². The smallest absolute Gasteiger partial charge is 0.341 e. The molecule has 0 saturated carbocycles. The highest BCUT2D eigenvalue weighted by molar-refractivity contribution is 6.30. The van der Waals surface area contributed by atoms with Crippen molar-refractivity contribution >= 4 is 79.5 Å². The first-order chi connectivity index (χ1) is 40.0. The first-order valence-electron chi connectivity index (χ1n) is 28.7. The van der Waals surface area contributed by atoms with Gasteiger partial charge in [-0.1, -0.05) is 93.7 Å². The largest absolute Gasteiger partial charge is 0.478 e. The third-order valence-corrected chi connectivity index (χ3v) is 17.4. The molecule has 2 aliphatic carbocycles. The Morgan fingerprint density at radius 1 is 0.576 bits per heavy atom. The Morgan fingerprint density at radius 3 is 1.40 bits per heavy atom. The number of carboxylic acids is 1. The van der Waals surface area contributed by atoms with Gasteiger partial charge in [0.2, 0.25) is 11.8 Å². The number of methoxy groups -OCH3 is 1. The number of allylic oxidation sites excluding steroid dienone is 2. The Morgan fingerprint density at radius 2 is 0.988 bits per heavy atom. The lowest BCUT2D eigenvalue weighted by molar-refractivity contribution is 0.0596. The number of nitrogens with one attached hydrogen (secondary N) is 2. The van der Waals surface area contributed by atoms with E-state index in [0.717, 1.165) is 134 Å². The lowest BCUT2D eigenvalue weighted by Crippen LogP contribution is -2.47. The number of hydrogen-bond acceptors (Lipinski definition) is 11. The number of ether oxygens (including phenoxy) is 3. The maximum Gasteiger partial charge on any atom is 0.341 e. The van der Waals surface area contributed by atoms with Crippen LogP contribution in [-0.4, -0.2) is 119 Å². The number of piperazine rings is 2. The van der Waals surface area contributed by atoms with Crippen molar-refractivity contribution < 1.29 is 33.6 Å². The number of carbonyl (C=O) groups is 2. The number of hydrogen-bond donors (Lipinski definition) is 3. The number of benzene rings is 4. The highest BCUT2D eigenvalue weighted by atomic mass is 35.5. The van der Waals surface area contributed by atoms with Crippen LogP contribution in [0.1, 0.15) is 105 Å². The van der Waals surface area contributed by atoms with Gasteiger partial charge in [-0.2, -0.15) is 0 Å². The van der Waals surface area contributed by atoms with Crippen molar-refractivity contribution in [2.24, 2.45) is 10.8 Å².